The Morgan fingerprint density at radius 3 is 2.37 bits per heavy atom. The second-order valence-electron chi connectivity index (χ2n) is 6.59. The van der Waals surface area contributed by atoms with Crippen LogP contribution in [0.4, 0.5) is 5.69 Å². The number of thiophene rings is 1. The number of carbonyl (C=O) groups excluding carboxylic acids is 1. The number of hydrogen-bond donors (Lipinski definition) is 0. The van der Waals surface area contributed by atoms with Crippen LogP contribution in [0.5, 0.6) is 0 Å². The van der Waals surface area contributed by atoms with Crippen molar-refractivity contribution in [2.45, 2.75) is 17.2 Å². The summed E-state index contributed by atoms with van der Waals surface area (Å²) in [6.07, 6.45) is 0. The normalized spacial score (nSPS) is 10.6. The van der Waals surface area contributed by atoms with E-state index in [-0.39, 0.29) is 5.91 Å². The fourth-order valence-corrected chi connectivity index (χ4v) is 4.58. The number of amides is 1. The predicted molar refractivity (Wildman–Crippen MR) is 117 cm³/mol. The number of rotatable bonds is 7. The molecule has 0 aliphatic rings. The molecular formula is C22H24N2OS2. The third-order valence-electron chi connectivity index (χ3n) is 4.29. The fourth-order valence-electron chi connectivity index (χ4n) is 2.76. The highest BCUT2D eigenvalue weighted by Gasteiger charge is 2.16. The van der Waals surface area contributed by atoms with E-state index in [1.54, 1.807) is 28.0 Å². The van der Waals surface area contributed by atoms with Crippen molar-refractivity contribution in [1.29, 1.82) is 0 Å². The first-order chi connectivity index (χ1) is 13.0. The van der Waals surface area contributed by atoms with E-state index in [0.717, 1.165) is 27.5 Å². The Labute approximate surface area is 169 Å². The van der Waals surface area contributed by atoms with Crippen LogP contribution in [0.25, 0.3) is 0 Å². The highest BCUT2D eigenvalue weighted by Crippen LogP contribution is 2.28. The minimum Gasteiger partial charge on any atom is -0.378 e. The molecule has 3 nitrogen and oxygen atoms in total. The van der Waals surface area contributed by atoms with Gasteiger partial charge in [0, 0.05) is 48.9 Å². The molecule has 1 aromatic heterocycles. The van der Waals surface area contributed by atoms with Crippen molar-refractivity contribution in [3.8, 4) is 0 Å². The summed E-state index contributed by atoms with van der Waals surface area (Å²) >= 11 is 3.47. The van der Waals surface area contributed by atoms with Gasteiger partial charge in [-0.15, -0.1) is 23.1 Å². The van der Waals surface area contributed by atoms with Gasteiger partial charge in [-0.05, 0) is 41.3 Å². The molecule has 1 heterocycles. The van der Waals surface area contributed by atoms with Gasteiger partial charge in [-0.3, -0.25) is 4.79 Å². The summed E-state index contributed by atoms with van der Waals surface area (Å²) in [6.45, 7) is 0.594. The van der Waals surface area contributed by atoms with E-state index < -0.39 is 0 Å². The lowest BCUT2D eigenvalue weighted by atomic mass is 10.1. The molecule has 0 aliphatic heterocycles. The van der Waals surface area contributed by atoms with Gasteiger partial charge in [-0.2, -0.15) is 0 Å². The molecule has 0 saturated carbocycles. The number of thioether (sulfide) groups is 1. The summed E-state index contributed by atoms with van der Waals surface area (Å²) in [5, 5.41) is 2.09. The van der Waals surface area contributed by atoms with Crippen LogP contribution in [0.3, 0.4) is 0 Å². The Hall–Kier alpha value is -2.24. The topological polar surface area (TPSA) is 23.6 Å². The minimum atomic E-state index is 0.0564. The van der Waals surface area contributed by atoms with Crippen LogP contribution >= 0.6 is 23.1 Å². The fraction of sp³-hybridized carbons (Fsp3) is 0.227. The van der Waals surface area contributed by atoms with Crippen LogP contribution in [0.2, 0.25) is 0 Å². The van der Waals surface area contributed by atoms with Crippen molar-refractivity contribution in [3.63, 3.8) is 0 Å². The van der Waals surface area contributed by atoms with Crippen LogP contribution in [0, 0.1) is 0 Å². The molecule has 5 heteroatoms. The molecular weight excluding hydrogens is 372 g/mol. The van der Waals surface area contributed by atoms with Gasteiger partial charge in [0.1, 0.15) is 0 Å². The summed E-state index contributed by atoms with van der Waals surface area (Å²) in [5.41, 5.74) is 3.05. The molecule has 0 atom stereocenters. The van der Waals surface area contributed by atoms with Crippen LogP contribution in [0.15, 0.2) is 70.9 Å². The Bertz CT molecular complexity index is 874. The van der Waals surface area contributed by atoms with E-state index in [1.807, 2.05) is 45.4 Å². The highest BCUT2D eigenvalue weighted by atomic mass is 32.2. The zero-order valence-electron chi connectivity index (χ0n) is 15.9. The van der Waals surface area contributed by atoms with Gasteiger partial charge in [-0.1, -0.05) is 30.3 Å². The van der Waals surface area contributed by atoms with E-state index in [9.17, 15) is 4.79 Å². The standard InChI is InChI=1S/C22H24N2OS2/c1-23(2)18-12-10-17(11-13-18)15-24(3)22(25)20-8-4-5-9-21(20)27-16-19-7-6-14-26-19/h4-14H,15-16H2,1-3H3. The zero-order chi connectivity index (χ0) is 19.2. The number of anilines is 1. The van der Waals surface area contributed by atoms with Crippen LogP contribution < -0.4 is 4.90 Å². The maximum absolute atomic E-state index is 13.0. The summed E-state index contributed by atoms with van der Waals surface area (Å²) < 4.78 is 0. The van der Waals surface area contributed by atoms with E-state index >= 15 is 0 Å². The van der Waals surface area contributed by atoms with Gasteiger partial charge >= 0.3 is 0 Å². The van der Waals surface area contributed by atoms with Crippen molar-refractivity contribution < 1.29 is 4.79 Å². The smallest absolute Gasteiger partial charge is 0.255 e. The lowest BCUT2D eigenvalue weighted by Crippen LogP contribution is -2.26. The Kier molecular flexibility index (Phi) is 6.58. The quantitative estimate of drug-likeness (QED) is 0.501. The Balaban J connectivity index is 1.69. The molecule has 0 radical (unpaired) electrons. The highest BCUT2D eigenvalue weighted by molar-refractivity contribution is 7.98. The average Bonchev–Trinajstić information content (AvgIpc) is 3.20. The third-order valence-corrected chi connectivity index (χ3v) is 6.47. The van der Waals surface area contributed by atoms with Gasteiger partial charge in [0.05, 0.1) is 5.56 Å². The molecule has 0 unspecified atom stereocenters. The lowest BCUT2D eigenvalue weighted by molar-refractivity contribution is 0.0781. The molecule has 0 aliphatic carbocycles. The molecule has 2 aromatic carbocycles. The molecule has 0 bridgehead atoms. The van der Waals surface area contributed by atoms with E-state index in [0.29, 0.717) is 6.54 Å². The largest absolute Gasteiger partial charge is 0.378 e. The number of hydrogen-bond acceptors (Lipinski definition) is 4. The molecule has 1 amide bonds. The second kappa shape index (κ2) is 9.11. The minimum absolute atomic E-state index is 0.0564. The van der Waals surface area contributed by atoms with Gasteiger partial charge in [0.15, 0.2) is 0 Å². The molecule has 140 valence electrons. The molecule has 0 N–H and O–H groups in total. The second-order valence-corrected chi connectivity index (χ2v) is 8.64. The predicted octanol–water partition coefficient (Wildman–Crippen LogP) is 5.38. The Morgan fingerprint density at radius 2 is 1.70 bits per heavy atom. The molecule has 3 rings (SSSR count). The molecule has 0 fully saturated rings. The number of carbonyl (C=O) groups is 1. The lowest BCUT2D eigenvalue weighted by Gasteiger charge is -2.20. The van der Waals surface area contributed by atoms with E-state index in [2.05, 4.69) is 46.7 Å². The zero-order valence-corrected chi connectivity index (χ0v) is 17.5. The first kappa shape index (κ1) is 19.5. The van der Waals surface area contributed by atoms with Gasteiger partial charge in [0.25, 0.3) is 5.91 Å². The van der Waals surface area contributed by atoms with E-state index in [4.69, 9.17) is 0 Å². The van der Waals surface area contributed by atoms with Gasteiger partial charge < -0.3 is 9.80 Å². The molecule has 0 spiro atoms. The summed E-state index contributed by atoms with van der Waals surface area (Å²) in [5.74, 6) is 0.943. The first-order valence-electron chi connectivity index (χ1n) is 8.80. The maximum Gasteiger partial charge on any atom is 0.255 e. The van der Waals surface area contributed by atoms with Crippen LogP contribution in [-0.4, -0.2) is 32.0 Å². The van der Waals surface area contributed by atoms with Crippen LogP contribution in [0.1, 0.15) is 20.8 Å². The van der Waals surface area contributed by atoms with E-state index in [1.165, 1.54) is 4.88 Å². The molecule has 0 saturated heterocycles. The third kappa shape index (κ3) is 5.15. The monoisotopic (exact) mass is 396 g/mol. The molecule has 27 heavy (non-hydrogen) atoms. The summed E-state index contributed by atoms with van der Waals surface area (Å²) in [4.78, 5) is 19.2. The van der Waals surface area contributed by atoms with Gasteiger partial charge in [-0.25, -0.2) is 0 Å². The summed E-state index contributed by atoms with van der Waals surface area (Å²) in [7, 11) is 5.91. The van der Waals surface area contributed by atoms with Crippen molar-refractivity contribution in [2.24, 2.45) is 0 Å². The molecule has 3 aromatic rings. The number of benzene rings is 2. The van der Waals surface area contributed by atoms with Crippen molar-refractivity contribution in [1.82, 2.24) is 4.90 Å². The SMILES string of the molecule is CN(Cc1ccc(N(C)C)cc1)C(=O)c1ccccc1SCc1cccs1. The summed E-state index contributed by atoms with van der Waals surface area (Å²) in [6, 6.07) is 20.4. The van der Waals surface area contributed by atoms with Crippen molar-refractivity contribution in [2.75, 3.05) is 26.0 Å². The first-order valence-corrected chi connectivity index (χ1v) is 10.7. The van der Waals surface area contributed by atoms with Gasteiger partial charge in [0.2, 0.25) is 0 Å². The Morgan fingerprint density at radius 1 is 0.963 bits per heavy atom. The number of nitrogens with zero attached hydrogens (tertiary/aromatic N) is 2. The van der Waals surface area contributed by atoms with Crippen molar-refractivity contribution >= 4 is 34.7 Å². The van der Waals surface area contributed by atoms with Crippen molar-refractivity contribution in [3.05, 3.63) is 82.0 Å². The average molecular weight is 397 g/mol. The van der Waals surface area contributed by atoms with Crippen LogP contribution in [-0.2, 0) is 12.3 Å². The maximum atomic E-state index is 13.0.